The molecule has 1 heterocycles. The molecule has 1 amide bonds. The molecule has 144 valence electrons. The molecule has 0 bridgehead atoms. The average Bonchev–Trinajstić information content (AvgIpc) is 2.92. The van der Waals surface area contributed by atoms with Crippen LogP contribution in [0, 0.1) is 17.3 Å². The normalized spacial score (nSPS) is 21.3. The maximum atomic E-state index is 13.1. The molecule has 1 aliphatic rings. The molecule has 1 aromatic carbocycles. The van der Waals surface area contributed by atoms with E-state index in [0.717, 1.165) is 17.1 Å². The van der Waals surface area contributed by atoms with Crippen molar-refractivity contribution in [2.75, 3.05) is 7.11 Å². The maximum Gasteiger partial charge on any atom is 0.225 e. The largest absolute Gasteiger partial charge is 0.497 e. The summed E-state index contributed by atoms with van der Waals surface area (Å²) in [5, 5.41) is 3.24. The fourth-order valence-electron chi connectivity index (χ4n) is 3.85. The number of amides is 1. The molecule has 3 rings (SSSR count). The lowest BCUT2D eigenvalue weighted by atomic mass is 10.0. The first kappa shape index (κ1) is 19.2. The minimum absolute atomic E-state index is 0.0259. The standard InChI is InChI=1S/C22H29N3O2/c1-14(2)12-17-18(22(17,3)4)21(26)24-19(20-23-10-11-25(20)5)15-8-7-9-16(13-15)27-6/h7-13,17-19H,1-6H3,(H,24,26). The van der Waals surface area contributed by atoms with Gasteiger partial charge in [-0.2, -0.15) is 0 Å². The van der Waals surface area contributed by atoms with Crippen LogP contribution < -0.4 is 10.1 Å². The van der Waals surface area contributed by atoms with Crippen molar-refractivity contribution in [3.63, 3.8) is 0 Å². The Morgan fingerprint density at radius 2 is 2.11 bits per heavy atom. The summed E-state index contributed by atoms with van der Waals surface area (Å²) >= 11 is 0. The van der Waals surface area contributed by atoms with Gasteiger partial charge in [0.25, 0.3) is 0 Å². The molecule has 1 aliphatic carbocycles. The van der Waals surface area contributed by atoms with Crippen LogP contribution in [-0.2, 0) is 11.8 Å². The minimum Gasteiger partial charge on any atom is -0.497 e. The van der Waals surface area contributed by atoms with Crippen molar-refractivity contribution in [3.8, 4) is 5.75 Å². The van der Waals surface area contributed by atoms with Gasteiger partial charge >= 0.3 is 0 Å². The summed E-state index contributed by atoms with van der Waals surface area (Å²) in [6.45, 7) is 8.47. The first-order valence-electron chi connectivity index (χ1n) is 9.32. The zero-order chi connectivity index (χ0) is 19.8. The van der Waals surface area contributed by atoms with Crippen LogP contribution in [0.5, 0.6) is 5.75 Å². The third-order valence-corrected chi connectivity index (χ3v) is 5.54. The summed E-state index contributed by atoms with van der Waals surface area (Å²) in [6, 6.07) is 7.45. The van der Waals surface area contributed by atoms with Crippen molar-refractivity contribution in [3.05, 3.63) is 59.7 Å². The van der Waals surface area contributed by atoms with E-state index in [9.17, 15) is 4.79 Å². The Morgan fingerprint density at radius 3 is 2.70 bits per heavy atom. The number of aromatic nitrogens is 2. The predicted molar refractivity (Wildman–Crippen MR) is 106 cm³/mol. The van der Waals surface area contributed by atoms with Crippen molar-refractivity contribution >= 4 is 5.91 Å². The van der Waals surface area contributed by atoms with Gasteiger partial charge in [-0.15, -0.1) is 0 Å². The van der Waals surface area contributed by atoms with E-state index in [0.29, 0.717) is 0 Å². The number of carbonyl (C=O) groups is 1. The highest BCUT2D eigenvalue weighted by Crippen LogP contribution is 2.59. The Kier molecular flexibility index (Phi) is 5.13. The summed E-state index contributed by atoms with van der Waals surface area (Å²) < 4.78 is 7.30. The second-order valence-corrected chi connectivity index (χ2v) is 8.18. The van der Waals surface area contributed by atoms with Crippen LogP contribution in [0.4, 0.5) is 0 Å². The lowest BCUT2D eigenvalue weighted by Gasteiger charge is -2.20. The third-order valence-electron chi connectivity index (χ3n) is 5.54. The molecule has 1 N–H and O–H groups in total. The van der Waals surface area contributed by atoms with Crippen LogP contribution in [-0.4, -0.2) is 22.6 Å². The van der Waals surface area contributed by atoms with E-state index < -0.39 is 0 Å². The predicted octanol–water partition coefficient (Wildman–Crippen LogP) is 3.87. The molecule has 5 heteroatoms. The summed E-state index contributed by atoms with van der Waals surface area (Å²) in [7, 11) is 3.58. The number of rotatable bonds is 6. The number of nitrogens with one attached hydrogen (secondary N) is 1. The Bertz CT molecular complexity index is 862. The molecule has 3 atom stereocenters. The lowest BCUT2D eigenvalue weighted by molar-refractivity contribution is -0.123. The number of hydrogen-bond acceptors (Lipinski definition) is 3. The SMILES string of the molecule is COc1cccc(C(NC(=O)C2C(C=C(C)C)C2(C)C)c2nccn2C)c1. The fraction of sp³-hybridized carbons (Fsp3) is 0.455. The first-order chi connectivity index (χ1) is 12.8. The molecular weight excluding hydrogens is 338 g/mol. The zero-order valence-corrected chi connectivity index (χ0v) is 17.0. The second kappa shape index (κ2) is 7.22. The van der Waals surface area contributed by atoms with Gasteiger partial charge in [-0.1, -0.05) is 37.6 Å². The van der Waals surface area contributed by atoms with Crippen LogP contribution in [0.15, 0.2) is 48.3 Å². The highest BCUT2D eigenvalue weighted by molar-refractivity contribution is 5.84. The number of imidazole rings is 1. The van der Waals surface area contributed by atoms with E-state index in [-0.39, 0.29) is 29.2 Å². The summed E-state index contributed by atoms with van der Waals surface area (Å²) in [6.07, 6.45) is 5.86. The van der Waals surface area contributed by atoms with Gasteiger partial charge in [-0.3, -0.25) is 4.79 Å². The molecule has 0 spiro atoms. The van der Waals surface area contributed by atoms with Gasteiger partial charge in [-0.25, -0.2) is 4.98 Å². The van der Waals surface area contributed by atoms with Crippen molar-refractivity contribution in [1.82, 2.24) is 14.9 Å². The highest BCUT2D eigenvalue weighted by atomic mass is 16.5. The number of benzene rings is 1. The molecule has 5 nitrogen and oxygen atoms in total. The zero-order valence-electron chi connectivity index (χ0n) is 17.0. The highest BCUT2D eigenvalue weighted by Gasteiger charge is 2.60. The number of allylic oxidation sites excluding steroid dienone is 2. The molecule has 3 unspecified atom stereocenters. The van der Waals surface area contributed by atoms with Gasteiger partial charge in [0, 0.05) is 19.4 Å². The Labute approximate surface area is 161 Å². The van der Waals surface area contributed by atoms with E-state index in [1.807, 2.05) is 42.1 Å². The van der Waals surface area contributed by atoms with E-state index in [1.165, 1.54) is 5.57 Å². The quantitative estimate of drug-likeness (QED) is 0.789. The maximum absolute atomic E-state index is 13.1. The molecule has 0 saturated heterocycles. The van der Waals surface area contributed by atoms with Crippen molar-refractivity contribution < 1.29 is 9.53 Å². The molecular formula is C22H29N3O2. The van der Waals surface area contributed by atoms with Gasteiger partial charge in [0.1, 0.15) is 17.6 Å². The van der Waals surface area contributed by atoms with E-state index in [2.05, 4.69) is 44.1 Å². The molecule has 0 aliphatic heterocycles. The van der Waals surface area contributed by atoms with E-state index >= 15 is 0 Å². The molecule has 2 aromatic rings. The number of ether oxygens (including phenoxy) is 1. The summed E-state index contributed by atoms with van der Waals surface area (Å²) in [5.41, 5.74) is 2.17. The van der Waals surface area contributed by atoms with E-state index in [1.54, 1.807) is 13.3 Å². The van der Waals surface area contributed by atoms with Crippen LogP contribution in [0.2, 0.25) is 0 Å². The molecule has 27 heavy (non-hydrogen) atoms. The number of carbonyl (C=O) groups excluding carboxylic acids is 1. The molecule has 1 saturated carbocycles. The van der Waals surface area contributed by atoms with Crippen molar-refractivity contribution in [2.45, 2.75) is 33.7 Å². The van der Waals surface area contributed by atoms with Gasteiger partial charge < -0.3 is 14.6 Å². The topological polar surface area (TPSA) is 56.1 Å². The Hall–Kier alpha value is -2.56. The van der Waals surface area contributed by atoms with Gasteiger partial charge in [0.2, 0.25) is 5.91 Å². The van der Waals surface area contributed by atoms with Crippen molar-refractivity contribution in [1.29, 1.82) is 0 Å². The van der Waals surface area contributed by atoms with Crippen LogP contribution in [0.3, 0.4) is 0 Å². The molecule has 0 radical (unpaired) electrons. The smallest absolute Gasteiger partial charge is 0.225 e. The fourth-order valence-corrected chi connectivity index (χ4v) is 3.85. The van der Waals surface area contributed by atoms with E-state index in [4.69, 9.17) is 4.74 Å². The van der Waals surface area contributed by atoms with Gasteiger partial charge in [-0.05, 0) is 42.9 Å². The lowest BCUT2D eigenvalue weighted by Crippen LogP contribution is -2.33. The van der Waals surface area contributed by atoms with Crippen LogP contribution in [0.1, 0.15) is 45.1 Å². The number of hydrogen-bond donors (Lipinski definition) is 1. The van der Waals surface area contributed by atoms with Gasteiger partial charge in [0.05, 0.1) is 13.0 Å². The Morgan fingerprint density at radius 1 is 1.37 bits per heavy atom. The average molecular weight is 367 g/mol. The number of nitrogens with zero attached hydrogens (tertiary/aromatic N) is 2. The minimum atomic E-state index is -0.323. The first-order valence-corrected chi connectivity index (χ1v) is 9.32. The Balaban J connectivity index is 1.90. The monoisotopic (exact) mass is 367 g/mol. The summed E-state index contributed by atoms with van der Waals surface area (Å²) in [5.74, 6) is 1.87. The second-order valence-electron chi connectivity index (χ2n) is 8.18. The number of methoxy groups -OCH3 is 1. The molecule has 1 aromatic heterocycles. The molecule has 1 fully saturated rings. The van der Waals surface area contributed by atoms with Crippen LogP contribution in [0.25, 0.3) is 0 Å². The van der Waals surface area contributed by atoms with Crippen LogP contribution >= 0.6 is 0 Å². The third kappa shape index (κ3) is 3.77. The summed E-state index contributed by atoms with van der Waals surface area (Å²) in [4.78, 5) is 17.6. The van der Waals surface area contributed by atoms with Gasteiger partial charge in [0.15, 0.2) is 0 Å². The van der Waals surface area contributed by atoms with Crippen molar-refractivity contribution in [2.24, 2.45) is 24.3 Å². The number of aryl methyl sites for hydroxylation is 1.